The van der Waals surface area contributed by atoms with E-state index in [0.717, 1.165) is 36.2 Å². The lowest BCUT2D eigenvalue weighted by atomic mass is 9.74. The second-order valence-corrected chi connectivity index (χ2v) is 9.71. The summed E-state index contributed by atoms with van der Waals surface area (Å²) in [5.41, 5.74) is 7.63. The maximum absolute atomic E-state index is 12.7. The molecule has 29 heavy (non-hydrogen) atoms. The molecule has 152 valence electrons. The molecule has 0 radical (unpaired) electrons. The van der Waals surface area contributed by atoms with Crippen molar-refractivity contribution in [3.05, 3.63) is 63.4 Å². The Morgan fingerprint density at radius 1 is 1.31 bits per heavy atom. The zero-order chi connectivity index (χ0) is 20.6. The van der Waals surface area contributed by atoms with E-state index in [1.165, 1.54) is 16.1 Å². The number of nitrogens with one attached hydrogen (secondary N) is 1. The first-order valence-electron chi connectivity index (χ1n) is 10.2. The van der Waals surface area contributed by atoms with Crippen LogP contribution >= 0.6 is 11.3 Å². The Bertz CT molecular complexity index is 1030. The van der Waals surface area contributed by atoms with Gasteiger partial charge in [-0.15, -0.1) is 11.3 Å². The number of carbonyl (C=O) groups excluding carboxylic acids is 1. The summed E-state index contributed by atoms with van der Waals surface area (Å²) in [5, 5.41) is 7.99. The van der Waals surface area contributed by atoms with Gasteiger partial charge in [-0.25, -0.2) is 9.67 Å². The minimum absolute atomic E-state index is 0.00146. The van der Waals surface area contributed by atoms with Crippen molar-refractivity contribution in [2.24, 2.45) is 5.41 Å². The molecule has 1 atom stereocenters. The molecule has 2 heterocycles. The normalized spacial score (nSPS) is 17.7. The average Bonchev–Trinajstić information content (AvgIpc) is 3.25. The standard InChI is InChI=1S/C23H28N4OS/c1-15-7-5-6-8-19(15)27-20-12-23(3,4)11-18(17(20)13-25-27)26-22(28)10-9-21-16(2)24-14-29-21/h5-8,13-14,18H,9-12H2,1-4H3,(H,26,28)/t18-/m1/s1. The van der Waals surface area contributed by atoms with Crippen molar-refractivity contribution in [1.29, 1.82) is 0 Å². The highest BCUT2D eigenvalue weighted by molar-refractivity contribution is 7.09. The van der Waals surface area contributed by atoms with Crippen LogP contribution in [0.15, 0.2) is 36.0 Å². The molecular formula is C23H28N4OS. The average molecular weight is 409 g/mol. The zero-order valence-electron chi connectivity index (χ0n) is 17.5. The maximum Gasteiger partial charge on any atom is 0.220 e. The number of benzene rings is 1. The van der Waals surface area contributed by atoms with Gasteiger partial charge < -0.3 is 5.32 Å². The van der Waals surface area contributed by atoms with Gasteiger partial charge in [0.25, 0.3) is 0 Å². The monoisotopic (exact) mass is 408 g/mol. The summed E-state index contributed by atoms with van der Waals surface area (Å²) in [4.78, 5) is 18.2. The Hall–Kier alpha value is -2.47. The highest BCUT2D eigenvalue weighted by Gasteiger charge is 2.36. The first-order chi connectivity index (χ1) is 13.8. The van der Waals surface area contributed by atoms with Crippen LogP contribution in [-0.2, 0) is 17.6 Å². The fourth-order valence-electron chi connectivity index (χ4n) is 4.24. The SMILES string of the molecule is Cc1ccccc1-n1ncc2c1CC(C)(C)C[C@H]2NC(=O)CCc1scnc1C. The van der Waals surface area contributed by atoms with Gasteiger partial charge in [-0.1, -0.05) is 32.0 Å². The molecule has 3 aromatic rings. The largest absolute Gasteiger partial charge is 0.349 e. The van der Waals surface area contributed by atoms with Crippen LogP contribution < -0.4 is 5.32 Å². The molecule has 5 nitrogen and oxygen atoms in total. The molecule has 1 N–H and O–H groups in total. The zero-order valence-corrected chi connectivity index (χ0v) is 18.3. The van der Waals surface area contributed by atoms with E-state index in [1.54, 1.807) is 11.3 Å². The van der Waals surface area contributed by atoms with E-state index in [4.69, 9.17) is 5.10 Å². The lowest BCUT2D eigenvalue weighted by molar-refractivity contribution is -0.122. The van der Waals surface area contributed by atoms with Gasteiger partial charge in [-0.05, 0) is 50.2 Å². The van der Waals surface area contributed by atoms with Gasteiger partial charge in [0.2, 0.25) is 5.91 Å². The number of hydrogen-bond donors (Lipinski definition) is 1. The third-order valence-corrected chi connectivity index (χ3v) is 6.78. The van der Waals surface area contributed by atoms with Crippen LogP contribution in [0.4, 0.5) is 0 Å². The first kappa shape index (κ1) is 19.8. The lowest BCUT2D eigenvalue weighted by Gasteiger charge is -2.36. The van der Waals surface area contributed by atoms with Crippen molar-refractivity contribution in [1.82, 2.24) is 20.1 Å². The minimum atomic E-state index is 0.00146. The summed E-state index contributed by atoms with van der Waals surface area (Å²) in [5.74, 6) is 0.0927. The number of hydrogen-bond acceptors (Lipinski definition) is 4. The second-order valence-electron chi connectivity index (χ2n) is 8.77. The lowest BCUT2D eigenvalue weighted by Crippen LogP contribution is -2.36. The van der Waals surface area contributed by atoms with Gasteiger partial charge in [-0.2, -0.15) is 5.10 Å². The van der Waals surface area contributed by atoms with Crippen LogP contribution in [0, 0.1) is 19.3 Å². The predicted molar refractivity (Wildman–Crippen MR) is 116 cm³/mol. The van der Waals surface area contributed by atoms with Crippen molar-refractivity contribution < 1.29 is 4.79 Å². The Morgan fingerprint density at radius 3 is 2.83 bits per heavy atom. The molecule has 0 saturated carbocycles. The molecule has 1 amide bonds. The van der Waals surface area contributed by atoms with Gasteiger partial charge in [0.15, 0.2) is 0 Å². The molecular weight excluding hydrogens is 380 g/mol. The molecule has 0 spiro atoms. The van der Waals surface area contributed by atoms with Crippen molar-refractivity contribution in [3.63, 3.8) is 0 Å². The number of aryl methyl sites for hydroxylation is 3. The smallest absolute Gasteiger partial charge is 0.220 e. The highest BCUT2D eigenvalue weighted by Crippen LogP contribution is 2.41. The van der Waals surface area contributed by atoms with Crippen molar-refractivity contribution in [3.8, 4) is 5.69 Å². The molecule has 0 saturated heterocycles. The van der Waals surface area contributed by atoms with E-state index in [-0.39, 0.29) is 17.4 Å². The van der Waals surface area contributed by atoms with Crippen LogP contribution in [-0.4, -0.2) is 20.7 Å². The number of carbonyl (C=O) groups is 1. The molecule has 0 bridgehead atoms. The summed E-state index contributed by atoms with van der Waals surface area (Å²) in [7, 11) is 0. The molecule has 0 aliphatic heterocycles. The van der Waals surface area contributed by atoms with Crippen molar-refractivity contribution in [2.45, 2.75) is 59.4 Å². The number of para-hydroxylation sites is 1. The first-order valence-corrected chi connectivity index (χ1v) is 11.0. The Labute approximate surface area is 176 Å². The Balaban J connectivity index is 1.56. The highest BCUT2D eigenvalue weighted by atomic mass is 32.1. The van der Waals surface area contributed by atoms with Crippen molar-refractivity contribution in [2.75, 3.05) is 0 Å². The van der Waals surface area contributed by atoms with E-state index in [0.29, 0.717) is 6.42 Å². The number of rotatable bonds is 5. The Kier molecular flexibility index (Phi) is 5.30. The number of nitrogens with zero attached hydrogens (tertiary/aromatic N) is 3. The number of amides is 1. The van der Waals surface area contributed by atoms with Crippen LogP contribution in [0.1, 0.15) is 60.1 Å². The van der Waals surface area contributed by atoms with Gasteiger partial charge in [-0.3, -0.25) is 4.79 Å². The molecule has 4 rings (SSSR count). The van der Waals surface area contributed by atoms with Gasteiger partial charge in [0, 0.05) is 16.9 Å². The van der Waals surface area contributed by atoms with E-state index >= 15 is 0 Å². The third-order valence-electron chi connectivity index (χ3n) is 5.78. The molecule has 0 unspecified atom stereocenters. The summed E-state index contributed by atoms with van der Waals surface area (Å²) < 4.78 is 2.06. The van der Waals surface area contributed by atoms with Crippen LogP contribution in [0.25, 0.3) is 5.69 Å². The molecule has 1 aromatic carbocycles. The van der Waals surface area contributed by atoms with Crippen molar-refractivity contribution >= 4 is 17.2 Å². The molecule has 2 aromatic heterocycles. The Morgan fingerprint density at radius 2 is 2.10 bits per heavy atom. The summed E-state index contributed by atoms with van der Waals surface area (Å²) in [6, 6.07) is 8.31. The van der Waals surface area contributed by atoms with Crippen LogP contribution in [0.3, 0.4) is 0 Å². The van der Waals surface area contributed by atoms with Gasteiger partial charge >= 0.3 is 0 Å². The minimum Gasteiger partial charge on any atom is -0.349 e. The molecule has 1 aliphatic carbocycles. The number of fused-ring (bicyclic) bond motifs is 1. The second kappa shape index (κ2) is 7.75. The van der Waals surface area contributed by atoms with E-state index < -0.39 is 0 Å². The number of aromatic nitrogens is 3. The third kappa shape index (κ3) is 4.13. The van der Waals surface area contributed by atoms with Gasteiger partial charge in [0.1, 0.15) is 0 Å². The number of thiazole rings is 1. The summed E-state index contributed by atoms with van der Waals surface area (Å²) in [6.45, 7) is 8.65. The van der Waals surface area contributed by atoms with E-state index in [1.807, 2.05) is 30.8 Å². The summed E-state index contributed by atoms with van der Waals surface area (Å²) in [6.07, 6.45) is 5.04. The van der Waals surface area contributed by atoms with E-state index in [2.05, 4.69) is 47.9 Å². The molecule has 0 fully saturated rings. The van der Waals surface area contributed by atoms with Crippen LogP contribution in [0.2, 0.25) is 0 Å². The quantitative estimate of drug-likeness (QED) is 0.665. The molecule has 1 aliphatic rings. The van der Waals surface area contributed by atoms with Gasteiger partial charge in [0.05, 0.1) is 34.8 Å². The fraction of sp³-hybridized carbons (Fsp3) is 0.435. The van der Waals surface area contributed by atoms with Crippen LogP contribution in [0.5, 0.6) is 0 Å². The fourth-order valence-corrected chi connectivity index (χ4v) is 5.02. The topological polar surface area (TPSA) is 59.8 Å². The van der Waals surface area contributed by atoms with E-state index in [9.17, 15) is 4.79 Å². The summed E-state index contributed by atoms with van der Waals surface area (Å²) >= 11 is 1.62. The molecule has 6 heteroatoms. The predicted octanol–water partition coefficient (Wildman–Crippen LogP) is 4.71. The maximum atomic E-state index is 12.7.